The molecule has 0 aromatic heterocycles. The molecule has 5 aliphatic rings. The quantitative estimate of drug-likeness (QED) is 0.390. The van der Waals surface area contributed by atoms with Crippen LogP contribution >= 0.6 is 0 Å². The summed E-state index contributed by atoms with van der Waals surface area (Å²) >= 11 is 0. The number of fused-ring (bicyclic) bond motifs is 7. The van der Waals surface area contributed by atoms with Crippen LogP contribution in [0.1, 0.15) is 84.5 Å². The minimum Gasteiger partial charge on any atom is -0.418 e. The summed E-state index contributed by atoms with van der Waals surface area (Å²) in [6.45, 7) is 12.3. The van der Waals surface area contributed by atoms with Gasteiger partial charge in [-0.15, -0.1) is 0 Å². The molecule has 0 aromatic carbocycles. The van der Waals surface area contributed by atoms with E-state index in [0.29, 0.717) is 36.0 Å². The molecule has 5 aliphatic carbocycles. The van der Waals surface area contributed by atoms with Gasteiger partial charge in [0.15, 0.2) is 8.32 Å². The van der Waals surface area contributed by atoms with Crippen LogP contribution in [0.4, 0.5) is 0 Å². The van der Waals surface area contributed by atoms with Gasteiger partial charge in [-0.25, -0.2) is 0 Å². The van der Waals surface area contributed by atoms with E-state index in [1.54, 1.807) is 0 Å². The SMILES string of the molecule is C[C@]12CC[C@H]3[C@@H](CC[C@]4(O)C[C@@H](O)CC[C@]34C)[C@@H]1[C@@H]1CC[C@@H]1[C@@]2(O)CCCO[Si](C)(C)C. The monoisotopic (exact) mass is 464 g/mol. The van der Waals surface area contributed by atoms with Crippen LogP contribution in [0.2, 0.25) is 19.6 Å². The van der Waals surface area contributed by atoms with Gasteiger partial charge in [0.25, 0.3) is 0 Å². The molecule has 5 rings (SSSR count). The molecule has 0 bridgehead atoms. The summed E-state index contributed by atoms with van der Waals surface area (Å²) in [5.74, 6) is 2.88. The van der Waals surface area contributed by atoms with Gasteiger partial charge in [-0.1, -0.05) is 13.8 Å². The van der Waals surface area contributed by atoms with E-state index in [1.165, 1.54) is 12.8 Å². The number of rotatable bonds is 5. The number of hydrogen-bond acceptors (Lipinski definition) is 4. The van der Waals surface area contributed by atoms with Crippen molar-refractivity contribution in [2.24, 2.45) is 40.4 Å². The molecule has 0 heterocycles. The molecule has 0 amide bonds. The van der Waals surface area contributed by atoms with Gasteiger partial charge >= 0.3 is 0 Å². The van der Waals surface area contributed by atoms with E-state index in [2.05, 4.69) is 33.5 Å². The minimum atomic E-state index is -1.51. The van der Waals surface area contributed by atoms with Crippen LogP contribution in [0.15, 0.2) is 0 Å². The zero-order valence-electron chi connectivity index (χ0n) is 21.2. The van der Waals surface area contributed by atoms with Gasteiger partial charge in [-0.3, -0.25) is 0 Å². The Labute approximate surface area is 196 Å². The Morgan fingerprint density at radius 2 is 1.53 bits per heavy atom. The molecule has 5 saturated carbocycles. The highest BCUT2D eigenvalue weighted by molar-refractivity contribution is 6.69. The fraction of sp³-hybridized carbons (Fsp3) is 1.00. The van der Waals surface area contributed by atoms with Crippen LogP contribution in [0.3, 0.4) is 0 Å². The van der Waals surface area contributed by atoms with Crippen LogP contribution in [-0.4, -0.2) is 47.5 Å². The van der Waals surface area contributed by atoms with Gasteiger partial charge in [-0.2, -0.15) is 0 Å². The van der Waals surface area contributed by atoms with E-state index in [-0.39, 0.29) is 16.9 Å². The van der Waals surface area contributed by atoms with Gasteiger partial charge in [0, 0.05) is 13.0 Å². The molecular formula is C27H48O4Si. The predicted octanol–water partition coefficient (Wildman–Crippen LogP) is 5.11. The summed E-state index contributed by atoms with van der Waals surface area (Å²) in [5, 5.41) is 34.3. The topological polar surface area (TPSA) is 69.9 Å². The third-order valence-electron chi connectivity index (χ3n) is 11.7. The van der Waals surface area contributed by atoms with Gasteiger partial charge < -0.3 is 19.7 Å². The molecule has 0 unspecified atom stereocenters. The molecule has 0 aliphatic heterocycles. The van der Waals surface area contributed by atoms with Crippen molar-refractivity contribution >= 4 is 8.32 Å². The van der Waals surface area contributed by atoms with E-state index in [4.69, 9.17) is 4.43 Å². The highest BCUT2D eigenvalue weighted by Gasteiger charge is 2.73. The Bertz CT molecular complexity index is 738. The van der Waals surface area contributed by atoms with Crippen molar-refractivity contribution in [3.63, 3.8) is 0 Å². The highest BCUT2D eigenvalue weighted by Crippen LogP contribution is 2.75. The third kappa shape index (κ3) is 3.20. The second-order valence-corrected chi connectivity index (χ2v) is 18.5. The maximum absolute atomic E-state index is 12.3. The molecule has 4 nitrogen and oxygen atoms in total. The number of aliphatic hydroxyl groups is 3. The van der Waals surface area contributed by atoms with Crippen LogP contribution < -0.4 is 0 Å². The molecule has 10 atom stereocenters. The molecule has 0 radical (unpaired) electrons. The average Bonchev–Trinajstić information content (AvgIpc) is 2.79. The fourth-order valence-electron chi connectivity index (χ4n) is 9.94. The Hall–Kier alpha value is 0.0569. The lowest BCUT2D eigenvalue weighted by atomic mass is 9.42. The lowest BCUT2D eigenvalue weighted by molar-refractivity contribution is -0.229. The summed E-state index contributed by atoms with van der Waals surface area (Å²) in [6.07, 6.45) is 10.4. The van der Waals surface area contributed by atoms with Gasteiger partial charge in [-0.05, 0) is 124 Å². The predicted molar refractivity (Wildman–Crippen MR) is 130 cm³/mol. The second-order valence-electron chi connectivity index (χ2n) is 14.0. The molecule has 32 heavy (non-hydrogen) atoms. The first-order valence-electron chi connectivity index (χ1n) is 13.6. The molecule has 5 fully saturated rings. The Morgan fingerprint density at radius 3 is 2.19 bits per heavy atom. The first kappa shape index (κ1) is 23.8. The van der Waals surface area contributed by atoms with Crippen molar-refractivity contribution in [2.75, 3.05) is 6.61 Å². The zero-order valence-corrected chi connectivity index (χ0v) is 22.2. The average molecular weight is 465 g/mol. The van der Waals surface area contributed by atoms with Crippen molar-refractivity contribution in [3.05, 3.63) is 0 Å². The molecule has 0 saturated heterocycles. The lowest BCUT2D eigenvalue weighted by Gasteiger charge is -2.64. The van der Waals surface area contributed by atoms with Crippen LogP contribution in [-0.2, 0) is 4.43 Å². The minimum absolute atomic E-state index is 0.000836. The van der Waals surface area contributed by atoms with E-state index >= 15 is 0 Å². The van der Waals surface area contributed by atoms with Crippen molar-refractivity contribution in [1.29, 1.82) is 0 Å². The van der Waals surface area contributed by atoms with Gasteiger partial charge in [0.05, 0.1) is 17.3 Å². The summed E-state index contributed by atoms with van der Waals surface area (Å²) in [7, 11) is -1.51. The third-order valence-corrected chi connectivity index (χ3v) is 12.7. The largest absolute Gasteiger partial charge is 0.418 e. The first-order chi connectivity index (χ1) is 14.8. The van der Waals surface area contributed by atoms with Crippen molar-refractivity contribution in [2.45, 2.75) is 121 Å². The van der Waals surface area contributed by atoms with E-state index in [0.717, 1.165) is 58.0 Å². The Balaban J connectivity index is 1.39. The van der Waals surface area contributed by atoms with Gasteiger partial charge in [0.2, 0.25) is 0 Å². The zero-order chi connectivity index (χ0) is 23.2. The second kappa shape index (κ2) is 7.53. The highest BCUT2D eigenvalue weighted by atomic mass is 28.4. The van der Waals surface area contributed by atoms with Crippen molar-refractivity contribution < 1.29 is 19.7 Å². The summed E-state index contributed by atoms with van der Waals surface area (Å²) < 4.78 is 6.14. The summed E-state index contributed by atoms with van der Waals surface area (Å²) in [4.78, 5) is 0. The van der Waals surface area contributed by atoms with Crippen molar-refractivity contribution in [1.82, 2.24) is 0 Å². The molecule has 0 aromatic rings. The number of aliphatic hydroxyl groups excluding tert-OH is 1. The summed E-state index contributed by atoms with van der Waals surface area (Å²) in [6, 6.07) is 0. The van der Waals surface area contributed by atoms with Crippen LogP contribution in [0, 0.1) is 40.4 Å². The number of hydrogen-bond donors (Lipinski definition) is 3. The molecule has 184 valence electrons. The molecular weight excluding hydrogens is 416 g/mol. The van der Waals surface area contributed by atoms with Gasteiger partial charge in [0.1, 0.15) is 0 Å². The summed E-state index contributed by atoms with van der Waals surface area (Å²) in [5.41, 5.74) is -1.34. The van der Waals surface area contributed by atoms with E-state index in [1.807, 2.05) is 0 Å². The maximum Gasteiger partial charge on any atom is 0.183 e. The van der Waals surface area contributed by atoms with E-state index in [9.17, 15) is 15.3 Å². The van der Waals surface area contributed by atoms with Crippen molar-refractivity contribution in [3.8, 4) is 0 Å². The molecule has 5 heteroatoms. The smallest absolute Gasteiger partial charge is 0.183 e. The normalized spacial score (nSPS) is 54.8. The van der Waals surface area contributed by atoms with Crippen LogP contribution in [0.5, 0.6) is 0 Å². The van der Waals surface area contributed by atoms with E-state index < -0.39 is 19.5 Å². The van der Waals surface area contributed by atoms with Crippen LogP contribution in [0.25, 0.3) is 0 Å². The maximum atomic E-state index is 12.3. The Morgan fingerprint density at radius 1 is 0.844 bits per heavy atom. The molecule has 0 spiro atoms. The lowest BCUT2D eigenvalue weighted by Crippen LogP contribution is -2.64. The Kier molecular flexibility index (Phi) is 5.59. The fourth-order valence-corrected chi connectivity index (χ4v) is 10.7. The first-order valence-corrected chi connectivity index (χ1v) is 17.0. The molecule has 3 N–H and O–H groups in total. The standard InChI is InChI=1S/C27H48O4Si/c1-24-13-9-18(28)17-26(24,29)15-10-20-21(24)11-14-25(2)23(20)19-7-8-22(19)27(25,30)12-6-16-31-32(3,4)5/h18-23,28-30H,6-17H2,1-5H3/t18-,19+,20+,21-,22-,23-,24+,25-,26-,27-/m0/s1.